The highest BCUT2D eigenvalue weighted by atomic mass is 16.2. The van der Waals surface area contributed by atoms with Crippen molar-refractivity contribution < 1.29 is 4.79 Å². The molecule has 4 unspecified atom stereocenters. The van der Waals surface area contributed by atoms with Gasteiger partial charge >= 0.3 is 0 Å². The van der Waals surface area contributed by atoms with E-state index in [1.807, 2.05) is 0 Å². The fourth-order valence-corrected chi connectivity index (χ4v) is 4.39. The summed E-state index contributed by atoms with van der Waals surface area (Å²) in [6, 6.07) is 1.36. The van der Waals surface area contributed by atoms with Gasteiger partial charge in [0.1, 0.15) is 0 Å². The number of nitrogens with zero attached hydrogens (tertiary/aromatic N) is 2. The summed E-state index contributed by atoms with van der Waals surface area (Å²) in [5.41, 5.74) is 6.27. The van der Waals surface area contributed by atoms with Gasteiger partial charge in [-0.3, -0.25) is 9.69 Å². The summed E-state index contributed by atoms with van der Waals surface area (Å²) in [4.78, 5) is 17.5. The lowest BCUT2D eigenvalue weighted by Crippen LogP contribution is -2.47. The Balaban J connectivity index is 1.67. The molecule has 2 saturated heterocycles. The van der Waals surface area contributed by atoms with Gasteiger partial charge in [-0.25, -0.2) is 0 Å². The van der Waals surface area contributed by atoms with Gasteiger partial charge in [0.25, 0.3) is 0 Å². The van der Waals surface area contributed by atoms with Crippen molar-refractivity contribution in [3.05, 3.63) is 0 Å². The summed E-state index contributed by atoms with van der Waals surface area (Å²) in [6.45, 7) is 1.86. The van der Waals surface area contributed by atoms with E-state index in [2.05, 4.69) is 16.8 Å². The maximum absolute atomic E-state index is 12.9. The van der Waals surface area contributed by atoms with Crippen molar-refractivity contribution >= 4 is 5.91 Å². The van der Waals surface area contributed by atoms with Crippen LogP contribution in [0.2, 0.25) is 0 Å². The molecule has 0 spiro atoms. The first kappa shape index (κ1) is 14.3. The number of hydrogen-bond donors (Lipinski definition) is 1. The van der Waals surface area contributed by atoms with E-state index in [1.54, 1.807) is 0 Å². The van der Waals surface area contributed by atoms with E-state index in [0.29, 0.717) is 18.0 Å². The number of nitrogens with two attached hydrogens (primary N) is 1. The fourth-order valence-electron chi connectivity index (χ4n) is 4.39. The summed E-state index contributed by atoms with van der Waals surface area (Å²) in [5.74, 6) is 0.430. The van der Waals surface area contributed by atoms with Crippen molar-refractivity contribution in [2.45, 2.75) is 69.5 Å². The third-order valence-electron chi connectivity index (χ3n) is 5.85. The Morgan fingerprint density at radius 2 is 1.75 bits per heavy atom. The predicted octanol–water partition coefficient (Wildman–Crippen LogP) is 1.59. The molecule has 0 aromatic heterocycles. The molecule has 3 rings (SSSR count). The third-order valence-corrected chi connectivity index (χ3v) is 5.85. The minimum absolute atomic E-state index is 0.0828. The molecule has 0 aromatic rings. The molecular formula is C16H29N3O. The molecule has 114 valence electrons. The van der Waals surface area contributed by atoms with Crippen LogP contribution in [0.25, 0.3) is 0 Å². The maximum atomic E-state index is 12.9. The minimum atomic E-state index is 0.0828. The van der Waals surface area contributed by atoms with Gasteiger partial charge in [0, 0.05) is 31.2 Å². The van der Waals surface area contributed by atoms with E-state index < -0.39 is 0 Å². The van der Waals surface area contributed by atoms with Crippen LogP contribution in [-0.2, 0) is 4.79 Å². The van der Waals surface area contributed by atoms with Gasteiger partial charge < -0.3 is 10.6 Å². The summed E-state index contributed by atoms with van der Waals surface area (Å²) in [5, 5.41) is 0. The summed E-state index contributed by atoms with van der Waals surface area (Å²) >= 11 is 0. The number of fused-ring (bicyclic) bond motifs is 2. The van der Waals surface area contributed by atoms with Gasteiger partial charge in [-0.2, -0.15) is 0 Å². The van der Waals surface area contributed by atoms with Gasteiger partial charge in [-0.05, 0) is 39.2 Å². The maximum Gasteiger partial charge on any atom is 0.227 e. The van der Waals surface area contributed by atoms with E-state index in [-0.39, 0.29) is 12.0 Å². The number of amides is 1. The summed E-state index contributed by atoms with van der Waals surface area (Å²) < 4.78 is 0. The van der Waals surface area contributed by atoms with E-state index >= 15 is 0 Å². The average molecular weight is 279 g/mol. The molecular weight excluding hydrogens is 250 g/mol. The Morgan fingerprint density at radius 1 is 1.00 bits per heavy atom. The second kappa shape index (κ2) is 6.02. The normalized spacial score (nSPS) is 39.4. The van der Waals surface area contributed by atoms with Crippen molar-refractivity contribution in [2.75, 3.05) is 20.1 Å². The quantitative estimate of drug-likeness (QED) is 0.742. The first-order chi connectivity index (χ1) is 9.66. The van der Waals surface area contributed by atoms with Crippen LogP contribution >= 0.6 is 0 Å². The molecule has 1 aliphatic carbocycles. The topological polar surface area (TPSA) is 49.6 Å². The first-order valence-corrected chi connectivity index (χ1v) is 8.43. The number of rotatable bonds is 1. The van der Waals surface area contributed by atoms with Gasteiger partial charge in [0.15, 0.2) is 0 Å². The Hall–Kier alpha value is -0.610. The number of carbonyl (C=O) groups excluding carboxylic acids is 1. The van der Waals surface area contributed by atoms with E-state index in [4.69, 9.17) is 5.73 Å². The first-order valence-electron chi connectivity index (χ1n) is 8.43. The Bertz CT molecular complexity index is 360. The number of likely N-dealkylation sites (N-methyl/N-ethyl adjacent to an activating group) is 1. The summed E-state index contributed by atoms with van der Waals surface area (Å²) in [6.07, 6.45) is 9.33. The van der Waals surface area contributed by atoms with Crippen LogP contribution in [0.3, 0.4) is 0 Å². The standard InChI is InChI=1S/C16H29N3O/c1-18-12-7-8-13(18)11-19(10-9-12)16(20)14-5-3-2-4-6-15(14)17/h12-15H,2-11,17H2,1H3. The Labute approximate surface area is 122 Å². The van der Waals surface area contributed by atoms with Crippen molar-refractivity contribution in [1.82, 2.24) is 9.80 Å². The second-order valence-corrected chi connectivity index (χ2v) is 7.03. The zero-order valence-electron chi connectivity index (χ0n) is 12.8. The molecule has 2 N–H and O–H groups in total. The zero-order chi connectivity index (χ0) is 14.1. The largest absolute Gasteiger partial charge is 0.341 e. The minimum Gasteiger partial charge on any atom is -0.341 e. The molecule has 0 aromatic carbocycles. The molecule has 4 atom stereocenters. The monoisotopic (exact) mass is 279 g/mol. The molecule has 4 nitrogen and oxygen atoms in total. The predicted molar refractivity (Wildman–Crippen MR) is 80.3 cm³/mol. The second-order valence-electron chi connectivity index (χ2n) is 7.03. The summed E-state index contributed by atoms with van der Waals surface area (Å²) in [7, 11) is 2.23. The SMILES string of the molecule is CN1C2CCC1CN(C(=O)C1CCCCCC1N)CC2. The number of carbonyl (C=O) groups is 1. The van der Waals surface area contributed by atoms with Crippen molar-refractivity contribution in [3.8, 4) is 0 Å². The fraction of sp³-hybridized carbons (Fsp3) is 0.938. The molecule has 3 fully saturated rings. The van der Waals surface area contributed by atoms with E-state index in [9.17, 15) is 4.79 Å². The van der Waals surface area contributed by atoms with Crippen molar-refractivity contribution in [2.24, 2.45) is 11.7 Å². The average Bonchev–Trinajstić information content (AvgIpc) is 2.58. The lowest BCUT2D eigenvalue weighted by molar-refractivity contribution is -0.136. The van der Waals surface area contributed by atoms with Gasteiger partial charge in [0.05, 0.1) is 5.92 Å². The van der Waals surface area contributed by atoms with Crippen LogP contribution in [0.1, 0.15) is 51.4 Å². The highest BCUT2D eigenvalue weighted by molar-refractivity contribution is 5.79. The molecule has 0 radical (unpaired) electrons. The Kier molecular flexibility index (Phi) is 4.32. The van der Waals surface area contributed by atoms with Crippen molar-refractivity contribution in [1.29, 1.82) is 0 Å². The molecule has 1 saturated carbocycles. The zero-order valence-corrected chi connectivity index (χ0v) is 12.8. The number of hydrogen-bond acceptors (Lipinski definition) is 3. The van der Waals surface area contributed by atoms with Gasteiger partial charge in [-0.15, -0.1) is 0 Å². The van der Waals surface area contributed by atoms with Crippen LogP contribution in [0, 0.1) is 5.92 Å². The molecule has 20 heavy (non-hydrogen) atoms. The van der Waals surface area contributed by atoms with Crippen LogP contribution in [0.5, 0.6) is 0 Å². The van der Waals surface area contributed by atoms with Crippen LogP contribution < -0.4 is 5.73 Å². The lowest BCUT2D eigenvalue weighted by Gasteiger charge is -2.31. The highest BCUT2D eigenvalue weighted by Crippen LogP contribution is 2.30. The van der Waals surface area contributed by atoms with Gasteiger partial charge in [-0.1, -0.05) is 19.3 Å². The van der Waals surface area contributed by atoms with Crippen LogP contribution in [0.15, 0.2) is 0 Å². The molecule has 2 heterocycles. The van der Waals surface area contributed by atoms with Crippen molar-refractivity contribution in [3.63, 3.8) is 0 Å². The van der Waals surface area contributed by atoms with Crippen LogP contribution in [0.4, 0.5) is 0 Å². The molecule has 2 bridgehead atoms. The van der Waals surface area contributed by atoms with Crippen LogP contribution in [-0.4, -0.2) is 54.0 Å². The van der Waals surface area contributed by atoms with Gasteiger partial charge in [0.2, 0.25) is 5.91 Å². The number of likely N-dealkylation sites (tertiary alicyclic amines) is 1. The molecule has 1 amide bonds. The van der Waals surface area contributed by atoms with E-state index in [0.717, 1.165) is 32.4 Å². The lowest BCUT2D eigenvalue weighted by atomic mass is 9.93. The van der Waals surface area contributed by atoms with E-state index in [1.165, 1.54) is 32.1 Å². The highest BCUT2D eigenvalue weighted by Gasteiger charge is 2.38. The third kappa shape index (κ3) is 2.73. The molecule has 4 heteroatoms. The smallest absolute Gasteiger partial charge is 0.227 e. The molecule has 3 aliphatic rings. The molecule has 2 aliphatic heterocycles. The Morgan fingerprint density at radius 3 is 2.60 bits per heavy atom.